The number of allylic oxidation sites excluding steroid dienone is 1. The molecule has 1 atom stereocenters. The summed E-state index contributed by atoms with van der Waals surface area (Å²) in [6.07, 6.45) is 9.52. The van der Waals surface area contributed by atoms with E-state index in [1.165, 1.54) is 16.9 Å². The minimum absolute atomic E-state index is 0.170. The van der Waals surface area contributed by atoms with Gasteiger partial charge in [0.25, 0.3) is 5.91 Å². The number of pyridine rings is 1. The zero-order valence-corrected chi connectivity index (χ0v) is 17.4. The number of carbonyl (C=O) groups excluding carboxylic acids is 1. The third-order valence-electron chi connectivity index (χ3n) is 4.79. The molecule has 0 bridgehead atoms. The van der Waals surface area contributed by atoms with Crippen LogP contribution < -0.4 is 5.32 Å². The molecule has 5 nitrogen and oxygen atoms in total. The molecular weight excluding hydrogens is 392 g/mol. The van der Waals surface area contributed by atoms with Gasteiger partial charge in [-0.05, 0) is 47.4 Å². The van der Waals surface area contributed by atoms with E-state index in [0.29, 0.717) is 23.3 Å². The Morgan fingerprint density at radius 2 is 1.93 bits per heavy atom. The van der Waals surface area contributed by atoms with Gasteiger partial charge in [-0.3, -0.25) is 15.1 Å². The van der Waals surface area contributed by atoms with E-state index in [1.54, 1.807) is 12.4 Å². The molecule has 1 aromatic carbocycles. The Morgan fingerprint density at radius 1 is 1.13 bits per heavy atom. The topological polar surface area (TPSA) is 59.8 Å². The molecule has 1 N–H and O–H groups in total. The quantitative estimate of drug-likeness (QED) is 0.437. The van der Waals surface area contributed by atoms with Crippen LogP contribution in [-0.4, -0.2) is 20.4 Å². The maximum Gasteiger partial charge on any atom is 0.274 e. The van der Waals surface area contributed by atoms with Crippen molar-refractivity contribution >= 4 is 28.5 Å². The zero-order chi connectivity index (χ0) is 20.8. The second-order valence-corrected chi connectivity index (χ2v) is 7.83. The number of thiazole rings is 1. The number of rotatable bonds is 7. The summed E-state index contributed by atoms with van der Waals surface area (Å²) in [5.74, 6) is 0.124. The molecule has 3 heterocycles. The van der Waals surface area contributed by atoms with Gasteiger partial charge in [0.1, 0.15) is 5.69 Å². The summed E-state index contributed by atoms with van der Waals surface area (Å²) in [6.45, 7) is 2.76. The van der Waals surface area contributed by atoms with Crippen LogP contribution in [0.15, 0.2) is 84.6 Å². The first kappa shape index (κ1) is 19.8. The minimum Gasteiger partial charge on any atom is -0.339 e. The first-order valence-electron chi connectivity index (χ1n) is 9.73. The van der Waals surface area contributed by atoms with Gasteiger partial charge in [0.05, 0.1) is 5.69 Å². The number of amides is 1. The average Bonchev–Trinajstić information content (AvgIpc) is 3.43. The van der Waals surface area contributed by atoms with E-state index < -0.39 is 0 Å². The number of aromatic nitrogens is 3. The monoisotopic (exact) mass is 414 g/mol. The molecule has 1 amide bonds. The van der Waals surface area contributed by atoms with Crippen LogP contribution in [0.2, 0.25) is 0 Å². The maximum absolute atomic E-state index is 12.8. The fraction of sp³-hybridized carbons (Fsp3) is 0.125. The molecule has 0 fully saturated rings. The first-order chi connectivity index (χ1) is 14.7. The molecule has 1 unspecified atom stereocenters. The highest BCUT2D eigenvalue weighted by Crippen LogP contribution is 2.21. The summed E-state index contributed by atoms with van der Waals surface area (Å²) in [5.41, 5.74) is 3.78. The van der Waals surface area contributed by atoms with Gasteiger partial charge in [0, 0.05) is 30.5 Å². The SMILES string of the molecule is CC(/C=C/c1csc(NC(=O)c2cccn2Cc2ccncc2)n1)c1ccccc1. The lowest BCUT2D eigenvalue weighted by atomic mass is 10.0. The van der Waals surface area contributed by atoms with Crippen molar-refractivity contribution in [1.82, 2.24) is 14.5 Å². The Labute approximate surface area is 179 Å². The fourth-order valence-corrected chi connectivity index (χ4v) is 3.81. The van der Waals surface area contributed by atoms with E-state index in [0.717, 1.165) is 11.3 Å². The molecular formula is C24H22N4OS. The van der Waals surface area contributed by atoms with Crippen LogP contribution >= 0.6 is 11.3 Å². The molecule has 0 aliphatic heterocycles. The molecule has 4 aromatic rings. The van der Waals surface area contributed by atoms with Crippen LogP contribution in [0.5, 0.6) is 0 Å². The molecule has 30 heavy (non-hydrogen) atoms. The Bertz CT molecular complexity index is 1130. The fourth-order valence-electron chi connectivity index (χ4n) is 3.13. The van der Waals surface area contributed by atoms with Crippen molar-refractivity contribution in [3.63, 3.8) is 0 Å². The molecule has 0 spiro atoms. The van der Waals surface area contributed by atoms with E-state index in [1.807, 2.05) is 64.7 Å². The van der Waals surface area contributed by atoms with Gasteiger partial charge in [-0.25, -0.2) is 4.98 Å². The largest absolute Gasteiger partial charge is 0.339 e. The van der Waals surface area contributed by atoms with Crippen molar-refractivity contribution in [2.75, 3.05) is 5.32 Å². The second kappa shape index (κ2) is 9.33. The Kier molecular flexibility index (Phi) is 6.15. The van der Waals surface area contributed by atoms with Crippen LogP contribution in [0.4, 0.5) is 5.13 Å². The van der Waals surface area contributed by atoms with E-state index >= 15 is 0 Å². The molecule has 0 aliphatic rings. The molecule has 0 aliphatic carbocycles. The molecule has 3 aromatic heterocycles. The van der Waals surface area contributed by atoms with E-state index in [2.05, 4.69) is 40.4 Å². The summed E-state index contributed by atoms with van der Waals surface area (Å²) in [5, 5.41) is 5.44. The van der Waals surface area contributed by atoms with Gasteiger partial charge in [0.2, 0.25) is 0 Å². The number of carbonyl (C=O) groups is 1. The van der Waals surface area contributed by atoms with Crippen LogP contribution in [0.3, 0.4) is 0 Å². The minimum atomic E-state index is -0.170. The van der Waals surface area contributed by atoms with Crippen molar-refractivity contribution in [2.45, 2.75) is 19.4 Å². The standard InChI is InChI=1S/C24H22N4OS/c1-18(20-6-3-2-4-7-20)9-10-21-17-30-24(26-21)27-23(29)22-8-5-15-28(22)16-19-11-13-25-14-12-19/h2-15,17-18H,16H2,1H3,(H,26,27,29)/b10-9+. The highest BCUT2D eigenvalue weighted by molar-refractivity contribution is 7.14. The summed E-state index contributed by atoms with van der Waals surface area (Å²) in [7, 11) is 0. The Morgan fingerprint density at radius 3 is 2.73 bits per heavy atom. The highest BCUT2D eigenvalue weighted by atomic mass is 32.1. The third kappa shape index (κ3) is 4.90. The van der Waals surface area contributed by atoms with Gasteiger partial charge in [-0.15, -0.1) is 11.3 Å². The van der Waals surface area contributed by atoms with E-state index in [9.17, 15) is 4.79 Å². The van der Waals surface area contributed by atoms with Crippen molar-refractivity contribution < 1.29 is 4.79 Å². The Balaban J connectivity index is 1.40. The van der Waals surface area contributed by atoms with Crippen LogP contribution in [0.1, 0.15) is 40.2 Å². The maximum atomic E-state index is 12.8. The van der Waals surface area contributed by atoms with Gasteiger partial charge in [-0.2, -0.15) is 0 Å². The number of nitrogens with one attached hydrogen (secondary N) is 1. The molecule has 6 heteroatoms. The van der Waals surface area contributed by atoms with Crippen molar-refractivity contribution in [2.24, 2.45) is 0 Å². The second-order valence-electron chi connectivity index (χ2n) is 6.97. The number of nitrogens with zero attached hydrogens (tertiary/aromatic N) is 3. The highest BCUT2D eigenvalue weighted by Gasteiger charge is 2.13. The summed E-state index contributed by atoms with van der Waals surface area (Å²) >= 11 is 1.42. The predicted molar refractivity (Wildman–Crippen MR) is 122 cm³/mol. The smallest absolute Gasteiger partial charge is 0.274 e. The normalized spacial score (nSPS) is 12.2. The summed E-state index contributed by atoms with van der Waals surface area (Å²) in [4.78, 5) is 21.3. The summed E-state index contributed by atoms with van der Waals surface area (Å²) < 4.78 is 1.92. The van der Waals surface area contributed by atoms with E-state index in [-0.39, 0.29) is 5.91 Å². The first-order valence-corrected chi connectivity index (χ1v) is 10.6. The van der Waals surface area contributed by atoms with Crippen LogP contribution in [0.25, 0.3) is 6.08 Å². The number of hydrogen-bond acceptors (Lipinski definition) is 4. The van der Waals surface area contributed by atoms with Crippen molar-refractivity contribution in [3.8, 4) is 0 Å². The molecule has 150 valence electrons. The van der Waals surface area contributed by atoms with Crippen LogP contribution in [-0.2, 0) is 6.54 Å². The van der Waals surface area contributed by atoms with Crippen LogP contribution in [0, 0.1) is 0 Å². The lowest BCUT2D eigenvalue weighted by Crippen LogP contribution is -2.17. The average molecular weight is 415 g/mol. The van der Waals surface area contributed by atoms with Gasteiger partial charge >= 0.3 is 0 Å². The summed E-state index contributed by atoms with van der Waals surface area (Å²) in [6, 6.07) is 17.9. The van der Waals surface area contributed by atoms with Crippen molar-refractivity contribution in [3.05, 3.63) is 107 Å². The predicted octanol–water partition coefficient (Wildman–Crippen LogP) is 5.46. The zero-order valence-electron chi connectivity index (χ0n) is 16.6. The number of benzene rings is 1. The molecule has 0 radical (unpaired) electrons. The molecule has 0 saturated carbocycles. The lowest BCUT2D eigenvalue weighted by molar-refractivity contribution is 0.101. The third-order valence-corrected chi connectivity index (χ3v) is 5.56. The molecule has 4 rings (SSSR count). The van der Waals surface area contributed by atoms with Gasteiger partial charge < -0.3 is 4.57 Å². The molecule has 0 saturated heterocycles. The van der Waals surface area contributed by atoms with E-state index in [4.69, 9.17) is 0 Å². The lowest BCUT2D eigenvalue weighted by Gasteiger charge is -2.08. The van der Waals surface area contributed by atoms with Gasteiger partial charge in [0.15, 0.2) is 5.13 Å². The Hall–Kier alpha value is -3.51. The number of anilines is 1. The number of hydrogen-bond donors (Lipinski definition) is 1. The van der Waals surface area contributed by atoms with Crippen molar-refractivity contribution in [1.29, 1.82) is 0 Å². The van der Waals surface area contributed by atoms with Gasteiger partial charge in [-0.1, -0.05) is 43.3 Å².